The highest BCUT2D eigenvalue weighted by atomic mass is 32.2. The number of nitrogens with zero attached hydrogens (tertiary/aromatic N) is 1. The second kappa shape index (κ2) is 3.84. The van der Waals surface area contributed by atoms with Gasteiger partial charge in [0.05, 0.1) is 0 Å². The minimum atomic E-state index is -0.992. The zero-order chi connectivity index (χ0) is 9.99. The van der Waals surface area contributed by atoms with Gasteiger partial charge < -0.3 is 0 Å². The van der Waals surface area contributed by atoms with Gasteiger partial charge in [-0.3, -0.25) is 4.31 Å². The van der Waals surface area contributed by atoms with Crippen molar-refractivity contribution in [3.05, 3.63) is 0 Å². The standard InChI is InChI=1S/C10H23NS/c1-10(2,3)8-9-11(4)12(5,6)7/h5-6,8-9H2,1-4,7H3. The maximum atomic E-state index is 4.07. The maximum absolute atomic E-state index is 4.07. The molecule has 2 heteroatoms. The van der Waals surface area contributed by atoms with Gasteiger partial charge in [-0.25, -0.2) is 0 Å². The van der Waals surface area contributed by atoms with E-state index < -0.39 is 9.39 Å². The van der Waals surface area contributed by atoms with Gasteiger partial charge in [-0.1, -0.05) is 32.5 Å². The average molecular weight is 189 g/mol. The van der Waals surface area contributed by atoms with Crippen LogP contribution in [0.4, 0.5) is 0 Å². The smallest absolute Gasteiger partial charge is 0.00817 e. The lowest BCUT2D eigenvalue weighted by atomic mass is 9.92. The van der Waals surface area contributed by atoms with Crippen molar-refractivity contribution in [1.82, 2.24) is 4.31 Å². The predicted molar refractivity (Wildman–Crippen MR) is 64.5 cm³/mol. The Kier molecular flexibility index (Phi) is 3.86. The molecule has 0 unspecified atom stereocenters. The number of hydrogen-bond donors (Lipinski definition) is 0. The molecule has 0 saturated carbocycles. The molecule has 0 amide bonds. The van der Waals surface area contributed by atoms with E-state index in [1.807, 2.05) is 0 Å². The fourth-order valence-electron chi connectivity index (χ4n) is 0.713. The van der Waals surface area contributed by atoms with Gasteiger partial charge in [-0.15, -0.1) is 0 Å². The summed E-state index contributed by atoms with van der Waals surface area (Å²) >= 11 is 0. The molecule has 1 nitrogen and oxygen atoms in total. The Labute approximate surface area is 78.4 Å². The molecule has 0 bridgehead atoms. The van der Waals surface area contributed by atoms with Crippen molar-refractivity contribution in [2.45, 2.75) is 27.2 Å². The van der Waals surface area contributed by atoms with Crippen LogP contribution < -0.4 is 0 Å². The van der Waals surface area contributed by atoms with E-state index in [1.54, 1.807) is 0 Å². The van der Waals surface area contributed by atoms with Gasteiger partial charge in [0.15, 0.2) is 0 Å². The Balaban J connectivity index is 3.98. The molecule has 0 aromatic heterocycles. The first-order chi connectivity index (χ1) is 5.13. The molecule has 0 aliphatic carbocycles. The topological polar surface area (TPSA) is 3.24 Å². The molecule has 0 aliphatic rings. The summed E-state index contributed by atoms with van der Waals surface area (Å²) in [4.78, 5) is 0. The van der Waals surface area contributed by atoms with Crippen LogP contribution in [-0.2, 0) is 0 Å². The van der Waals surface area contributed by atoms with Gasteiger partial charge in [-0.2, -0.15) is 9.39 Å². The van der Waals surface area contributed by atoms with Crippen LogP contribution >= 0.6 is 9.39 Å². The van der Waals surface area contributed by atoms with Crippen molar-refractivity contribution in [2.24, 2.45) is 5.41 Å². The van der Waals surface area contributed by atoms with Crippen LogP contribution in [0.3, 0.4) is 0 Å². The van der Waals surface area contributed by atoms with Crippen molar-refractivity contribution in [2.75, 3.05) is 19.8 Å². The van der Waals surface area contributed by atoms with Crippen LogP contribution in [0.15, 0.2) is 0 Å². The van der Waals surface area contributed by atoms with Crippen molar-refractivity contribution in [3.8, 4) is 0 Å². The average Bonchev–Trinajstić information content (AvgIpc) is 1.78. The molecule has 0 atom stereocenters. The Hall–Kier alpha value is 0.0500. The summed E-state index contributed by atoms with van der Waals surface area (Å²) in [5.74, 6) is 8.14. The predicted octanol–water partition coefficient (Wildman–Crippen LogP) is 2.57. The summed E-state index contributed by atoms with van der Waals surface area (Å²) in [5.41, 5.74) is 0.416. The summed E-state index contributed by atoms with van der Waals surface area (Å²) in [6, 6.07) is 0. The molecule has 0 rings (SSSR count). The van der Waals surface area contributed by atoms with E-state index in [-0.39, 0.29) is 0 Å². The molecule has 12 heavy (non-hydrogen) atoms. The van der Waals surface area contributed by atoms with Gasteiger partial charge in [0, 0.05) is 6.54 Å². The van der Waals surface area contributed by atoms with E-state index in [1.165, 1.54) is 6.42 Å². The molecule has 0 saturated heterocycles. The Morgan fingerprint density at radius 2 is 1.67 bits per heavy atom. The van der Waals surface area contributed by atoms with Crippen LogP contribution in [0.2, 0.25) is 0 Å². The molecule has 0 radical (unpaired) electrons. The van der Waals surface area contributed by atoms with Gasteiger partial charge in [0.2, 0.25) is 0 Å². The fraction of sp³-hybridized carbons (Fsp3) is 0.800. The normalized spacial score (nSPS) is 13.8. The van der Waals surface area contributed by atoms with Crippen LogP contribution in [0, 0.1) is 5.41 Å². The lowest BCUT2D eigenvalue weighted by Gasteiger charge is -2.27. The number of rotatable bonds is 3. The minimum Gasteiger partial charge on any atom is -0.265 e. The van der Waals surface area contributed by atoms with Crippen LogP contribution in [0.5, 0.6) is 0 Å². The van der Waals surface area contributed by atoms with Gasteiger partial charge >= 0.3 is 0 Å². The first-order valence-corrected chi connectivity index (χ1v) is 6.62. The number of hydrogen-bond acceptors (Lipinski definition) is 1. The van der Waals surface area contributed by atoms with Crippen molar-refractivity contribution in [3.63, 3.8) is 0 Å². The Morgan fingerprint density at radius 1 is 1.25 bits per heavy atom. The van der Waals surface area contributed by atoms with Gasteiger partial charge in [-0.05, 0) is 25.1 Å². The van der Waals surface area contributed by atoms with Crippen molar-refractivity contribution >= 4 is 21.1 Å². The van der Waals surface area contributed by atoms with Crippen LogP contribution in [0.25, 0.3) is 0 Å². The molecule has 0 N–H and O–H groups in total. The second-order valence-corrected chi connectivity index (χ2v) is 7.95. The lowest BCUT2D eigenvalue weighted by molar-refractivity contribution is 0.342. The van der Waals surface area contributed by atoms with E-state index in [4.69, 9.17) is 0 Å². The summed E-state index contributed by atoms with van der Waals surface area (Å²) in [5, 5.41) is 0. The highest BCUT2D eigenvalue weighted by Gasteiger charge is 2.11. The molecular formula is C10H23NS. The SMILES string of the molecule is C=S(=C)(C)N(C)CCC(C)(C)C. The maximum Gasteiger partial charge on any atom is 0.00817 e. The molecule has 0 aromatic carbocycles. The second-order valence-electron chi connectivity index (χ2n) is 4.88. The Bertz CT molecular complexity index is 219. The van der Waals surface area contributed by atoms with E-state index in [2.05, 4.69) is 50.1 Å². The van der Waals surface area contributed by atoms with Crippen LogP contribution in [-0.4, -0.2) is 35.9 Å². The molecule has 0 fully saturated rings. The largest absolute Gasteiger partial charge is 0.265 e. The summed E-state index contributed by atoms with van der Waals surface area (Å²) in [7, 11) is 1.12. The van der Waals surface area contributed by atoms with E-state index in [0.717, 1.165) is 6.54 Å². The highest BCUT2D eigenvalue weighted by Crippen LogP contribution is 2.23. The zero-order valence-electron chi connectivity index (χ0n) is 9.18. The first-order valence-electron chi connectivity index (χ1n) is 4.29. The van der Waals surface area contributed by atoms with Crippen molar-refractivity contribution < 1.29 is 0 Å². The third kappa shape index (κ3) is 5.67. The van der Waals surface area contributed by atoms with E-state index >= 15 is 0 Å². The summed E-state index contributed by atoms with van der Waals surface area (Å²) in [6.07, 6.45) is 3.33. The molecule has 0 aromatic rings. The van der Waals surface area contributed by atoms with Gasteiger partial charge in [0.25, 0.3) is 0 Å². The van der Waals surface area contributed by atoms with Gasteiger partial charge in [0.1, 0.15) is 0 Å². The molecule has 0 aliphatic heterocycles. The fourth-order valence-corrected chi connectivity index (χ4v) is 1.25. The Morgan fingerprint density at radius 3 is 1.92 bits per heavy atom. The van der Waals surface area contributed by atoms with Crippen LogP contribution in [0.1, 0.15) is 27.2 Å². The van der Waals surface area contributed by atoms with E-state index in [0.29, 0.717) is 5.41 Å². The third-order valence-electron chi connectivity index (χ3n) is 1.93. The molecular weight excluding hydrogens is 166 g/mol. The summed E-state index contributed by atoms with van der Waals surface area (Å²) < 4.78 is 2.28. The third-order valence-corrected chi connectivity index (χ3v) is 3.62. The zero-order valence-corrected chi connectivity index (χ0v) is 10.0. The molecule has 0 spiro atoms. The highest BCUT2D eigenvalue weighted by molar-refractivity contribution is 8.25. The first kappa shape index (κ1) is 12.0. The monoisotopic (exact) mass is 189 g/mol. The molecule has 0 heterocycles. The lowest BCUT2D eigenvalue weighted by Crippen LogP contribution is -2.20. The minimum absolute atomic E-state index is 0.416. The van der Waals surface area contributed by atoms with E-state index in [9.17, 15) is 0 Å². The molecule has 74 valence electrons. The van der Waals surface area contributed by atoms with Crippen molar-refractivity contribution in [1.29, 1.82) is 0 Å². The summed E-state index contributed by atoms with van der Waals surface area (Å²) in [6.45, 7) is 7.89. The quantitative estimate of drug-likeness (QED) is 0.617.